The van der Waals surface area contributed by atoms with E-state index in [2.05, 4.69) is 10.2 Å². The number of benzene rings is 2. The van der Waals surface area contributed by atoms with Crippen LogP contribution in [0.4, 0.5) is 0 Å². The molecule has 0 N–H and O–H groups in total. The van der Waals surface area contributed by atoms with E-state index in [4.69, 9.17) is 11.6 Å². The highest BCUT2D eigenvalue weighted by molar-refractivity contribution is 8.03. The van der Waals surface area contributed by atoms with Crippen molar-refractivity contribution in [2.75, 3.05) is 5.75 Å². The van der Waals surface area contributed by atoms with Crippen LogP contribution in [0.1, 0.15) is 21.5 Å². The number of carbonyl (C=O) groups is 1. The van der Waals surface area contributed by atoms with Gasteiger partial charge in [0.15, 0.2) is 14.5 Å². The molecule has 0 radical (unpaired) electrons. The average Bonchev–Trinajstić information content (AvgIpc) is 3.08. The van der Waals surface area contributed by atoms with Gasteiger partial charge in [-0.3, -0.25) is 4.79 Å². The molecule has 3 rings (SSSR count). The van der Waals surface area contributed by atoms with Crippen molar-refractivity contribution in [3.05, 3.63) is 70.2 Å². The topological polar surface area (TPSA) is 42.9 Å². The number of rotatable bonds is 7. The molecule has 1 heterocycles. The molecule has 0 aliphatic rings. The molecule has 0 saturated carbocycles. The van der Waals surface area contributed by atoms with Crippen LogP contribution < -0.4 is 0 Å². The molecule has 0 atom stereocenters. The molecule has 0 saturated heterocycles. The van der Waals surface area contributed by atoms with E-state index in [-0.39, 0.29) is 5.78 Å². The van der Waals surface area contributed by atoms with Crippen LogP contribution in [0.5, 0.6) is 0 Å². The van der Waals surface area contributed by atoms with Crippen molar-refractivity contribution in [3.8, 4) is 0 Å². The van der Waals surface area contributed by atoms with Crippen molar-refractivity contribution in [1.29, 1.82) is 0 Å². The summed E-state index contributed by atoms with van der Waals surface area (Å²) in [6, 6.07) is 15.4. The maximum absolute atomic E-state index is 12.2. The van der Waals surface area contributed by atoms with Gasteiger partial charge in [-0.15, -0.1) is 10.2 Å². The summed E-state index contributed by atoms with van der Waals surface area (Å²) in [4.78, 5) is 12.2. The van der Waals surface area contributed by atoms with Crippen molar-refractivity contribution in [3.63, 3.8) is 0 Å². The standard InChI is InChI=1S/C18H15ClN2OS3/c1-12-2-6-14(7-3-12)16(22)11-24-18-21-20-17(25-18)23-10-13-4-8-15(19)9-5-13/h2-9H,10-11H2,1H3. The normalized spacial score (nSPS) is 10.8. The number of thioether (sulfide) groups is 2. The van der Waals surface area contributed by atoms with Crippen molar-refractivity contribution < 1.29 is 4.79 Å². The van der Waals surface area contributed by atoms with Crippen LogP contribution in [0.3, 0.4) is 0 Å². The lowest BCUT2D eigenvalue weighted by Gasteiger charge is -2.00. The number of halogens is 1. The van der Waals surface area contributed by atoms with Crippen LogP contribution in [0.2, 0.25) is 5.02 Å². The first-order chi connectivity index (χ1) is 12.1. The average molecular weight is 407 g/mol. The Morgan fingerprint density at radius 2 is 1.64 bits per heavy atom. The Morgan fingerprint density at radius 1 is 1.00 bits per heavy atom. The minimum Gasteiger partial charge on any atom is -0.293 e. The van der Waals surface area contributed by atoms with E-state index in [1.165, 1.54) is 28.7 Å². The Balaban J connectivity index is 1.50. The molecule has 0 bridgehead atoms. The third kappa shape index (κ3) is 5.57. The van der Waals surface area contributed by atoms with Gasteiger partial charge in [-0.05, 0) is 24.6 Å². The van der Waals surface area contributed by atoms with E-state index in [1.54, 1.807) is 11.8 Å². The van der Waals surface area contributed by atoms with Gasteiger partial charge >= 0.3 is 0 Å². The van der Waals surface area contributed by atoms with Crippen LogP contribution in [-0.2, 0) is 5.75 Å². The second-order valence-corrected chi connectivity index (χ2v) is 9.19. The zero-order chi connectivity index (χ0) is 17.6. The minimum atomic E-state index is 0.107. The molecule has 0 spiro atoms. The smallest absolute Gasteiger partial charge is 0.175 e. The van der Waals surface area contributed by atoms with Gasteiger partial charge < -0.3 is 0 Å². The van der Waals surface area contributed by atoms with Crippen molar-refractivity contribution in [1.82, 2.24) is 10.2 Å². The SMILES string of the molecule is Cc1ccc(C(=O)CSc2nnc(SCc3ccc(Cl)cc3)s2)cc1. The molecule has 2 aromatic carbocycles. The summed E-state index contributed by atoms with van der Waals surface area (Å²) in [5.41, 5.74) is 3.07. The van der Waals surface area contributed by atoms with E-state index in [1.807, 2.05) is 55.5 Å². The van der Waals surface area contributed by atoms with Crippen molar-refractivity contribution in [2.45, 2.75) is 21.4 Å². The zero-order valence-corrected chi connectivity index (χ0v) is 16.6. The first kappa shape index (κ1) is 18.5. The van der Waals surface area contributed by atoms with Gasteiger partial charge in [-0.25, -0.2) is 0 Å². The second kappa shape index (κ2) is 8.85. The van der Waals surface area contributed by atoms with Gasteiger partial charge in [0.05, 0.1) is 5.75 Å². The van der Waals surface area contributed by atoms with Gasteiger partial charge in [-0.1, -0.05) is 88.4 Å². The molecular formula is C18H15ClN2OS3. The number of aryl methyl sites for hydroxylation is 1. The molecule has 0 aliphatic heterocycles. The van der Waals surface area contributed by atoms with Crippen LogP contribution in [-0.4, -0.2) is 21.7 Å². The summed E-state index contributed by atoms with van der Waals surface area (Å²) >= 11 is 10.5. The highest BCUT2D eigenvalue weighted by Gasteiger charge is 2.10. The molecule has 3 nitrogen and oxygen atoms in total. The summed E-state index contributed by atoms with van der Waals surface area (Å²) in [6.07, 6.45) is 0. The minimum absolute atomic E-state index is 0.107. The van der Waals surface area contributed by atoms with Gasteiger partial charge in [-0.2, -0.15) is 0 Å². The molecule has 3 aromatic rings. The predicted octanol–water partition coefficient (Wildman–Crippen LogP) is 5.77. The third-order valence-corrected chi connectivity index (χ3v) is 6.88. The van der Waals surface area contributed by atoms with Crippen LogP contribution in [0.15, 0.2) is 57.2 Å². The van der Waals surface area contributed by atoms with Crippen LogP contribution >= 0.6 is 46.5 Å². The Hall–Kier alpha value is -1.34. The Bertz CT molecular complexity index is 848. The van der Waals surface area contributed by atoms with Gasteiger partial charge in [0.2, 0.25) is 0 Å². The number of Topliss-reactive ketones (excluding diaryl/α,β-unsaturated/α-hetero) is 1. The maximum Gasteiger partial charge on any atom is 0.175 e. The molecule has 0 amide bonds. The quantitative estimate of drug-likeness (QED) is 0.368. The third-order valence-electron chi connectivity index (χ3n) is 3.36. The molecular weight excluding hydrogens is 392 g/mol. The van der Waals surface area contributed by atoms with Crippen molar-refractivity contribution in [2.24, 2.45) is 0 Å². The fourth-order valence-corrected chi connectivity index (χ4v) is 4.99. The Morgan fingerprint density at radius 3 is 2.32 bits per heavy atom. The first-order valence-electron chi connectivity index (χ1n) is 7.53. The summed E-state index contributed by atoms with van der Waals surface area (Å²) in [6.45, 7) is 2.01. The number of aromatic nitrogens is 2. The number of nitrogens with zero attached hydrogens (tertiary/aromatic N) is 2. The molecule has 1 aromatic heterocycles. The highest BCUT2D eigenvalue weighted by Crippen LogP contribution is 2.31. The summed E-state index contributed by atoms with van der Waals surface area (Å²) in [7, 11) is 0. The predicted molar refractivity (Wildman–Crippen MR) is 107 cm³/mol. The fourth-order valence-electron chi connectivity index (χ4n) is 1.99. The monoisotopic (exact) mass is 406 g/mol. The number of ketones is 1. The molecule has 25 heavy (non-hydrogen) atoms. The first-order valence-corrected chi connectivity index (χ1v) is 10.7. The second-order valence-electron chi connectivity index (χ2n) is 5.33. The molecule has 0 unspecified atom stereocenters. The lowest BCUT2D eigenvalue weighted by atomic mass is 10.1. The van der Waals surface area contributed by atoms with E-state index in [9.17, 15) is 4.79 Å². The molecule has 0 aliphatic carbocycles. The van der Waals surface area contributed by atoms with Crippen molar-refractivity contribution >= 4 is 52.2 Å². The van der Waals surface area contributed by atoms with E-state index in [0.717, 1.165) is 30.6 Å². The summed E-state index contributed by atoms with van der Waals surface area (Å²) < 4.78 is 1.72. The number of hydrogen-bond acceptors (Lipinski definition) is 6. The highest BCUT2D eigenvalue weighted by atomic mass is 35.5. The largest absolute Gasteiger partial charge is 0.293 e. The fraction of sp³-hybridized carbons (Fsp3) is 0.167. The number of hydrogen-bond donors (Lipinski definition) is 0. The lowest BCUT2D eigenvalue weighted by Crippen LogP contribution is -2.01. The van der Waals surface area contributed by atoms with Gasteiger partial charge in [0.1, 0.15) is 0 Å². The molecule has 128 valence electrons. The summed E-state index contributed by atoms with van der Waals surface area (Å²) in [5, 5.41) is 9.08. The summed E-state index contributed by atoms with van der Waals surface area (Å²) in [5.74, 6) is 1.30. The van der Waals surface area contributed by atoms with E-state index in [0.29, 0.717) is 5.75 Å². The van der Waals surface area contributed by atoms with E-state index < -0.39 is 0 Å². The van der Waals surface area contributed by atoms with Crippen LogP contribution in [0, 0.1) is 6.92 Å². The maximum atomic E-state index is 12.2. The molecule has 0 fully saturated rings. The Labute approximate surface area is 164 Å². The number of carbonyl (C=O) groups excluding carboxylic acids is 1. The van der Waals surface area contributed by atoms with Gasteiger partial charge in [0, 0.05) is 16.3 Å². The Kier molecular flexibility index (Phi) is 6.53. The van der Waals surface area contributed by atoms with Crippen LogP contribution in [0.25, 0.3) is 0 Å². The zero-order valence-electron chi connectivity index (χ0n) is 13.4. The van der Waals surface area contributed by atoms with E-state index >= 15 is 0 Å². The molecule has 7 heteroatoms. The van der Waals surface area contributed by atoms with Gasteiger partial charge in [0.25, 0.3) is 0 Å². The lowest BCUT2D eigenvalue weighted by molar-refractivity contribution is 0.102.